The van der Waals surface area contributed by atoms with Crippen molar-refractivity contribution >= 4 is 0 Å². The van der Waals surface area contributed by atoms with Crippen LogP contribution in [0.1, 0.15) is 17.1 Å². The number of hydrogen-bond acceptors (Lipinski definition) is 4. The van der Waals surface area contributed by atoms with Gasteiger partial charge < -0.3 is 9.88 Å². The summed E-state index contributed by atoms with van der Waals surface area (Å²) in [5.74, 6) is 1.15. The Hall–Kier alpha value is -1.72. The van der Waals surface area contributed by atoms with Crippen LogP contribution in [0.3, 0.4) is 0 Å². The van der Waals surface area contributed by atoms with Gasteiger partial charge in [0.05, 0.1) is 12.2 Å². The van der Waals surface area contributed by atoms with Crippen LogP contribution < -0.4 is 5.32 Å². The van der Waals surface area contributed by atoms with Crippen molar-refractivity contribution in [3.05, 3.63) is 47.8 Å². The van der Waals surface area contributed by atoms with Gasteiger partial charge in [-0.25, -0.2) is 4.98 Å². The van der Waals surface area contributed by atoms with Gasteiger partial charge in [0, 0.05) is 44.8 Å². The molecule has 5 nitrogen and oxygen atoms in total. The Balaban J connectivity index is 1.63. The summed E-state index contributed by atoms with van der Waals surface area (Å²) in [6, 6.07) is 4.26. The molecule has 0 fully saturated rings. The van der Waals surface area contributed by atoms with E-state index in [0.29, 0.717) is 0 Å². The quantitative estimate of drug-likeness (QED) is 0.888. The van der Waals surface area contributed by atoms with Gasteiger partial charge in [-0.1, -0.05) is 6.07 Å². The van der Waals surface area contributed by atoms with Crippen LogP contribution in [-0.2, 0) is 26.2 Å². The zero-order chi connectivity index (χ0) is 13.1. The molecule has 0 unspecified atom stereocenters. The molecule has 2 aromatic heterocycles. The molecule has 1 aliphatic rings. The molecule has 1 aliphatic heterocycles. The Morgan fingerprint density at radius 1 is 1.26 bits per heavy atom. The molecule has 1 N–H and O–H groups in total. The maximum absolute atomic E-state index is 4.53. The third kappa shape index (κ3) is 2.83. The third-order valence-electron chi connectivity index (χ3n) is 3.48. The highest BCUT2D eigenvalue weighted by atomic mass is 15.2. The van der Waals surface area contributed by atoms with E-state index in [1.165, 1.54) is 5.56 Å². The Bertz CT molecular complexity index is 531. The monoisotopic (exact) mass is 257 g/mol. The van der Waals surface area contributed by atoms with Gasteiger partial charge in [0.2, 0.25) is 0 Å². The molecule has 19 heavy (non-hydrogen) atoms. The van der Waals surface area contributed by atoms with Crippen LogP contribution in [0.2, 0.25) is 0 Å². The number of nitrogens with zero attached hydrogens (tertiary/aromatic N) is 4. The highest BCUT2D eigenvalue weighted by Crippen LogP contribution is 2.13. The molecule has 3 rings (SSSR count). The van der Waals surface area contributed by atoms with E-state index in [9.17, 15) is 0 Å². The van der Waals surface area contributed by atoms with Gasteiger partial charge in [-0.2, -0.15) is 0 Å². The predicted octanol–water partition coefficient (Wildman–Crippen LogP) is 1.01. The van der Waals surface area contributed by atoms with E-state index in [4.69, 9.17) is 0 Å². The summed E-state index contributed by atoms with van der Waals surface area (Å²) in [5, 5.41) is 3.13. The molecule has 3 heterocycles. The molecule has 0 saturated heterocycles. The lowest BCUT2D eigenvalue weighted by Crippen LogP contribution is -2.33. The molecule has 2 aromatic rings. The standard InChI is InChI=1S/C14H19N5/c1-15-8-12-2-3-13(17-9-12)10-18-6-7-19-5-4-16-14(19)11-18/h2-5,9,15H,6-8,10-11H2,1H3. The van der Waals surface area contributed by atoms with Gasteiger partial charge >= 0.3 is 0 Å². The average Bonchev–Trinajstić information content (AvgIpc) is 2.89. The van der Waals surface area contributed by atoms with Crippen molar-refractivity contribution in [2.24, 2.45) is 0 Å². The van der Waals surface area contributed by atoms with Crippen LogP contribution in [0.15, 0.2) is 30.7 Å². The third-order valence-corrected chi connectivity index (χ3v) is 3.48. The largest absolute Gasteiger partial charge is 0.333 e. The van der Waals surface area contributed by atoms with Crippen LogP contribution >= 0.6 is 0 Å². The number of aromatic nitrogens is 3. The molecule has 0 aromatic carbocycles. The maximum atomic E-state index is 4.53. The fourth-order valence-electron chi connectivity index (χ4n) is 2.44. The molecule has 0 spiro atoms. The smallest absolute Gasteiger partial charge is 0.122 e. The van der Waals surface area contributed by atoms with Crippen LogP contribution in [0.25, 0.3) is 0 Å². The summed E-state index contributed by atoms with van der Waals surface area (Å²) < 4.78 is 2.22. The van der Waals surface area contributed by atoms with E-state index in [1.807, 2.05) is 19.4 Å². The van der Waals surface area contributed by atoms with E-state index >= 15 is 0 Å². The molecule has 0 atom stereocenters. The second-order valence-electron chi connectivity index (χ2n) is 4.94. The van der Waals surface area contributed by atoms with Gasteiger partial charge in [-0.3, -0.25) is 9.88 Å². The fourth-order valence-corrected chi connectivity index (χ4v) is 2.44. The van der Waals surface area contributed by atoms with Gasteiger partial charge in [0.25, 0.3) is 0 Å². The first-order valence-corrected chi connectivity index (χ1v) is 6.66. The van der Waals surface area contributed by atoms with Gasteiger partial charge in [-0.05, 0) is 18.7 Å². The molecule has 100 valence electrons. The average molecular weight is 257 g/mol. The first-order valence-electron chi connectivity index (χ1n) is 6.66. The van der Waals surface area contributed by atoms with Crippen LogP contribution in [0, 0.1) is 0 Å². The summed E-state index contributed by atoms with van der Waals surface area (Å²) in [5.41, 5.74) is 2.35. The van der Waals surface area contributed by atoms with Crippen molar-refractivity contribution in [2.45, 2.75) is 26.2 Å². The first-order chi connectivity index (χ1) is 9.35. The van der Waals surface area contributed by atoms with Crippen molar-refractivity contribution in [3.63, 3.8) is 0 Å². The highest BCUT2D eigenvalue weighted by molar-refractivity contribution is 5.14. The topological polar surface area (TPSA) is 46.0 Å². The first kappa shape index (κ1) is 12.3. The number of nitrogens with one attached hydrogen (secondary N) is 1. The zero-order valence-electron chi connectivity index (χ0n) is 11.2. The van der Waals surface area contributed by atoms with Gasteiger partial charge in [0.1, 0.15) is 5.82 Å². The lowest BCUT2D eigenvalue weighted by atomic mass is 10.2. The van der Waals surface area contributed by atoms with Crippen molar-refractivity contribution < 1.29 is 0 Å². The second-order valence-corrected chi connectivity index (χ2v) is 4.94. The predicted molar refractivity (Wildman–Crippen MR) is 73.3 cm³/mol. The lowest BCUT2D eigenvalue weighted by molar-refractivity contribution is 0.206. The number of rotatable bonds is 4. The van der Waals surface area contributed by atoms with E-state index in [0.717, 1.165) is 44.2 Å². The molecular weight excluding hydrogens is 238 g/mol. The van der Waals surface area contributed by atoms with Crippen molar-refractivity contribution in [1.82, 2.24) is 24.8 Å². The molecular formula is C14H19N5. The summed E-state index contributed by atoms with van der Waals surface area (Å²) >= 11 is 0. The lowest BCUT2D eigenvalue weighted by Gasteiger charge is -2.27. The second kappa shape index (κ2) is 5.50. The molecule has 0 radical (unpaired) electrons. The van der Waals surface area contributed by atoms with Gasteiger partial charge in [0.15, 0.2) is 0 Å². The highest BCUT2D eigenvalue weighted by Gasteiger charge is 2.16. The molecule has 0 saturated carbocycles. The molecule has 5 heteroatoms. The van der Waals surface area contributed by atoms with Crippen LogP contribution in [0.5, 0.6) is 0 Å². The van der Waals surface area contributed by atoms with Crippen molar-refractivity contribution in [2.75, 3.05) is 13.6 Å². The Morgan fingerprint density at radius 3 is 3.00 bits per heavy atom. The number of hydrogen-bond donors (Lipinski definition) is 1. The maximum Gasteiger partial charge on any atom is 0.122 e. The van der Waals surface area contributed by atoms with E-state index < -0.39 is 0 Å². The normalized spacial score (nSPS) is 15.4. The fraction of sp³-hybridized carbons (Fsp3) is 0.429. The Kier molecular flexibility index (Phi) is 3.57. The van der Waals surface area contributed by atoms with E-state index in [-0.39, 0.29) is 0 Å². The molecule has 0 amide bonds. The minimum atomic E-state index is 0.869. The minimum absolute atomic E-state index is 0.869. The van der Waals surface area contributed by atoms with Gasteiger partial charge in [-0.15, -0.1) is 0 Å². The number of pyridine rings is 1. The van der Waals surface area contributed by atoms with Crippen LogP contribution in [0.4, 0.5) is 0 Å². The van der Waals surface area contributed by atoms with Crippen molar-refractivity contribution in [1.29, 1.82) is 0 Å². The summed E-state index contributed by atoms with van der Waals surface area (Å²) in [6.07, 6.45) is 5.89. The van der Waals surface area contributed by atoms with E-state index in [1.54, 1.807) is 0 Å². The Morgan fingerprint density at radius 2 is 2.21 bits per heavy atom. The number of fused-ring (bicyclic) bond motifs is 1. The summed E-state index contributed by atoms with van der Waals surface area (Å²) in [7, 11) is 1.95. The summed E-state index contributed by atoms with van der Waals surface area (Å²) in [6.45, 7) is 4.75. The number of imidazole rings is 1. The van der Waals surface area contributed by atoms with Crippen molar-refractivity contribution in [3.8, 4) is 0 Å². The SMILES string of the molecule is CNCc1ccc(CN2CCn3ccnc3C2)nc1. The summed E-state index contributed by atoms with van der Waals surface area (Å²) in [4.78, 5) is 11.3. The van der Waals surface area contributed by atoms with Crippen LogP contribution in [-0.4, -0.2) is 33.0 Å². The molecule has 0 bridgehead atoms. The Labute approximate surface area is 113 Å². The molecule has 0 aliphatic carbocycles. The zero-order valence-corrected chi connectivity index (χ0v) is 11.2. The van der Waals surface area contributed by atoms with E-state index in [2.05, 4.69) is 43.1 Å². The minimum Gasteiger partial charge on any atom is -0.333 e.